The molecule has 0 radical (unpaired) electrons. The maximum absolute atomic E-state index is 15.5. The number of hydrogen-bond donors (Lipinski definition) is 2. The molecule has 0 aliphatic carbocycles. The van der Waals surface area contributed by atoms with Crippen LogP contribution in [0, 0.1) is 5.82 Å². The summed E-state index contributed by atoms with van der Waals surface area (Å²) in [6.07, 6.45) is 5.36. The van der Waals surface area contributed by atoms with E-state index in [4.69, 9.17) is 14.2 Å². The van der Waals surface area contributed by atoms with Crippen LogP contribution in [-0.4, -0.2) is 55.4 Å². The molecular formula is C27H31FN4O4. The van der Waals surface area contributed by atoms with Gasteiger partial charge in [-0.2, -0.15) is 0 Å². The quantitative estimate of drug-likeness (QED) is 0.447. The first kappa shape index (κ1) is 25.4. The van der Waals surface area contributed by atoms with Gasteiger partial charge < -0.3 is 24.8 Å². The lowest BCUT2D eigenvalue weighted by molar-refractivity contribution is -0.117. The summed E-state index contributed by atoms with van der Waals surface area (Å²) in [5.41, 5.74) is 1.54. The Hall–Kier alpha value is -3.72. The molecule has 1 aromatic carbocycles. The number of aromatic nitrogens is 2. The smallest absolute Gasteiger partial charge is 0.243 e. The minimum absolute atomic E-state index is 0.00945. The normalized spacial score (nSPS) is 17.6. The summed E-state index contributed by atoms with van der Waals surface area (Å²) in [6.45, 7) is 8.49. The van der Waals surface area contributed by atoms with E-state index in [1.165, 1.54) is 13.2 Å². The van der Waals surface area contributed by atoms with Crippen LogP contribution >= 0.6 is 0 Å². The van der Waals surface area contributed by atoms with E-state index in [-0.39, 0.29) is 29.7 Å². The predicted octanol–water partition coefficient (Wildman–Crippen LogP) is 4.45. The highest BCUT2D eigenvalue weighted by atomic mass is 19.1. The molecule has 4 rings (SSSR count). The first-order chi connectivity index (χ1) is 17.4. The summed E-state index contributed by atoms with van der Waals surface area (Å²) < 4.78 is 31.9. The van der Waals surface area contributed by atoms with Crippen molar-refractivity contribution in [2.75, 3.05) is 32.8 Å². The van der Waals surface area contributed by atoms with Crippen LogP contribution in [0.3, 0.4) is 0 Å². The molecule has 0 bridgehead atoms. The summed E-state index contributed by atoms with van der Waals surface area (Å²) in [5, 5.41) is 7.94. The van der Waals surface area contributed by atoms with Gasteiger partial charge in [0.15, 0.2) is 11.6 Å². The molecule has 1 amide bonds. The Labute approximate surface area is 209 Å². The van der Waals surface area contributed by atoms with Gasteiger partial charge in [-0.25, -0.2) is 9.37 Å². The molecule has 2 aromatic heterocycles. The third kappa shape index (κ3) is 5.11. The zero-order valence-electron chi connectivity index (χ0n) is 20.9. The zero-order chi connectivity index (χ0) is 25.8. The van der Waals surface area contributed by atoms with Crippen LogP contribution in [0.15, 0.2) is 43.2 Å². The highest BCUT2D eigenvalue weighted by molar-refractivity contribution is 5.88. The lowest BCUT2D eigenvalue weighted by Crippen LogP contribution is -2.52. The maximum atomic E-state index is 15.5. The fourth-order valence-corrected chi connectivity index (χ4v) is 4.50. The van der Waals surface area contributed by atoms with Crippen molar-refractivity contribution in [2.24, 2.45) is 0 Å². The molecular weight excluding hydrogens is 463 g/mol. The maximum Gasteiger partial charge on any atom is 0.243 e. The summed E-state index contributed by atoms with van der Waals surface area (Å²) >= 11 is 0. The van der Waals surface area contributed by atoms with Crippen molar-refractivity contribution < 1.29 is 23.4 Å². The standard InChI is InChI=1S/C27H31FN4O4/c1-6-24(33)32-18-7-8-36-14-20(18)31-23-10-17-12-29-19(9-16(17)13-30-23)26-25(15(2)3)21(34-4)11-22(35-5)27(26)28/h6,9-13,15,18,20H,1,7-8,14H2,2-5H3,(H,30,31)(H,32,33)/t18-,20+/m0/s1. The third-order valence-corrected chi connectivity index (χ3v) is 6.31. The Kier molecular flexibility index (Phi) is 7.69. The number of carbonyl (C=O) groups is 1. The van der Waals surface area contributed by atoms with Crippen LogP contribution in [0.25, 0.3) is 22.0 Å². The molecule has 36 heavy (non-hydrogen) atoms. The molecule has 190 valence electrons. The molecule has 1 aliphatic heterocycles. The van der Waals surface area contributed by atoms with Crippen LogP contribution in [0.5, 0.6) is 11.5 Å². The third-order valence-electron chi connectivity index (χ3n) is 6.31. The second kappa shape index (κ2) is 10.9. The number of hydrogen-bond acceptors (Lipinski definition) is 7. The number of methoxy groups -OCH3 is 2. The largest absolute Gasteiger partial charge is 0.496 e. The van der Waals surface area contributed by atoms with Crippen molar-refractivity contribution in [1.29, 1.82) is 0 Å². The minimum Gasteiger partial charge on any atom is -0.496 e. The van der Waals surface area contributed by atoms with Gasteiger partial charge in [-0.05, 0) is 30.5 Å². The van der Waals surface area contributed by atoms with Gasteiger partial charge in [-0.15, -0.1) is 0 Å². The van der Waals surface area contributed by atoms with Gasteiger partial charge >= 0.3 is 0 Å². The van der Waals surface area contributed by atoms with E-state index in [0.717, 1.165) is 16.3 Å². The lowest BCUT2D eigenvalue weighted by atomic mass is 9.92. The van der Waals surface area contributed by atoms with E-state index in [9.17, 15) is 4.79 Å². The first-order valence-corrected chi connectivity index (χ1v) is 11.8. The van der Waals surface area contributed by atoms with E-state index < -0.39 is 5.82 Å². The van der Waals surface area contributed by atoms with E-state index in [1.54, 1.807) is 25.6 Å². The zero-order valence-corrected chi connectivity index (χ0v) is 20.9. The number of rotatable bonds is 8. The fourth-order valence-electron chi connectivity index (χ4n) is 4.50. The van der Waals surface area contributed by atoms with Gasteiger partial charge in [-0.1, -0.05) is 20.4 Å². The van der Waals surface area contributed by atoms with Crippen LogP contribution < -0.4 is 20.1 Å². The second-order valence-electron chi connectivity index (χ2n) is 8.96. The molecule has 0 saturated carbocycles. The Balaban J connectivity index is 1.68. The number of carbonyl (C=O) groups excluding carboxylic acids is 1. The minimum atomic E-state index is -0.481. The Bertz CT molecular complexity index is 1280. The lowest BCUT2D eigenvalue weighted by Gasteiger charge is -2.32. The molecule has 0 unspecified atom stereocenters. The molecule has 0 spiro atoms. The van der Waals surface area contributed by atoms with Crippen molar-refractivity contribution in [3.05, 3.63) is 54.6 Å². The van der Waals surface area contributed by atoms with Crippen molar-refractivity contribution in [2.45, 2.75) is 38.3 Å². The van der Waals surface area contributed by atoms with Gasteiger partial charge in [-0.3, -0.25) is 9.78 Å². The van der Waals surface area contributed by atoms with Gasteiger partial charge in [0.05, 0.1) is 38.6 Å². The summed E-state index contributed by atoms with van der Waals surface area (Å²) in [4.78, 5) is 20.9. The monoisotopic (exact) mass is 494 g/mol. The molecule has 2 atom stereocenters. The number of fused-ring (bicyclic) bond motifs is 1. The number of benzene rings is 1. The molecule has 1 fully saturated rings. The Morgan fingerprint density at radius 1 is 1.14 bits per heavy atom. The van der Waals surface area contributed by atoms with Crippen LogP contribution in [0.2, 0.25) is 0 Å². The van der Waals surface area contributed by atoms with E-state index in [0.29, 0.717) is 42.5 Å². The molecule has 2 N–H and O–H groups in total. The van der Waals surface area contributed by atoms with Crippen LogP contribution in [0.4, 0.5) is 10.2 Å². The highest BCUT2D eigenvalue weighted by Gasteiger charge is 2.27. The van der Waals surface area contributed by atoms with Crippen molar-refractivity contribution in [3.8, 4) is 22.8 Å². The Morgan fingerprint density at radius 2 is 1.86 bits per heavy atom. The molecule has 3 heterocycles. The molecule has 3 aromatic rings. The summed E-state index contributed by atoms with van der Waals surface area (Å²) in [6, 6.07) is 4.99. The van der Waals surface area contributed by atoms with E-state index >= 15 is 4.39 Å². The van der Waals surface area contributed by atoms with Gasteiger partial charge in [0.25, 0.3) is 0 Å². The van der Waals surface area contributed by atoms with Gasteiger partial charge in [0.1, 0.15) is 11.6 Å². The van der Waals surface area contributed by atoms with Crippen molar-refractivity contribution in [3.63, 3.8) is 0 Å². The average Bonchev–Trinajstić information content (AvgIpc) is 2.89. The summed E-state index contributed by atoms with van der Waals surface area (Å²) in [7, 11) is 2.98. The molecule has 9 heteroatoms. The van der Waals surface area contributed by atoms with E-state index in [1.807, 2.05) is 26.0 Å². The van der Waals surface area contributed by atoms with Crippen molar-refractivity contribution >= 4 is 22.5 Å². The van der Waals surface area contributed by atoms with Crippen LogP contribution in [-0.2, 0) is 9.53 Å². The number of halogens is 1. The van der Waals surface area contributed by atoms with Crippen LogP contribution in [0.1, 0.15) is 31.7 Å². The number of nitrogens with one attached hydrogen (secondary N) is 2. The number of ether oxygens (including phenoxy) is 3. The predicted molar refractivity (Wildman–Crippen MR) is 137 cm³/mol. The van der Waals surface area contributed by atoms with E-state index in [2.05, 4.69) is 27.2 Å². The Morgan fingerprint density at radius 3 is 2.56 bits per heavy atom. The number of nitrogens with zero attached hydrogens (tertiary/aromatic N) is 2. The highest BCUT2D eigenvalue weighted by Crippen LogP contribution is 2.42. The number of pyridine rings is 2. The summed E-state index contributed by atoms with van der Waals surface area (Å²) in [5.74, 6) is 0.556. The number of anilines is 1. The molecule has 8 nitrogen and oxygen atoms in total. The van der Waals surface area contributed by atoms with Gasteiger partial charge in [0, 0.05) is 47.0 Å². The SMILES string of the molecule is C=CC(=O)N[C@H]1CCOC[C@H]1Nc1cc2cnc(-c3c(F)c(OC)cc(OC)c3C(C)C)cc2cn1. The first-order valence-electron chi connectivity index (χ1n) is 11.8. The van der Waals surface area contributed by atoms with Gasteiger partial charge in [0.2, 0.25) is 5.91 Å². The second-order valence-corrected chi connectivity index (χ2v) is 8.96. The molecule has 1 saturated heterocycles. The fraction of sp³-hybridized carbons (Fsp3) is 0.370. The van der Waals surface area contributed by atoms with Crippen molar-refractivity contribution in [1.82, 2.24) is 15.3 Å². The topological polar surface area (TPSA) is 94.6 Å². The average molecular weight is 495 g/mol. The number of amides is 1. The molecule has 1 aliphatic rings.